The molecule has 0 spiro atoms. The maximum absolute atomic E-state index is 13.4. The summed E-state index contributed by atoms with van der Waals surface area (Å²) in [7, 11) is 0. The molecule has 0 aliphatic carbocycles. The summed E-state index contributed by atoms with van der Waals surface area (Å²) in [5.41, 5.74) is 0.904. The van der Waals surface area contributed by atoms with E-state index in [1.54, 1.807) is 12.1 Å². The molecule has 0 bridgehead atoms. The van der Waals surface area contributed by atoms with Crippen LogP contribution in [0.15, 0.2) is 28.7 Å². The van der Waals surface area contributed by atoms with Crippen LogP contribution in [-0.4, -0.2) is 18.3 Å². The van der Waals surface area contributed by atoms with Crippen molar-refractivity contribution in [3.05, 3.63) is 35.6 Å². The highest BCUT2D eigenvalue weighted by molar-refractivity contribution is 5.79. The number of hydrogen-bond acceptors (Lipinski definition) is 2. The van der Waals surface area contributed by atoms with Crippen molar-refractivity contribution >= 4 is 11.0 Å². The summed E-state index contributed by atoms with van der Waals surface area (Å²) in [6, 6.07) is 7.23. The zero-order valence-corrected chi connectivity index (χ0v) is 15.8. The van der Waals surface area contributed by atoms with E-state index in [2.05, 4.69) is 5.32 Å². The van der Waals surface area contributed by atoms with Crippen LogP contribution < -0.4 is 5.32 Å². The van der Waals surface area contributed by atoms with Crippen molar-refractivity contribution in [1.29, 1.82) is 0 Å². The van der Waals surface area contributed by atoms with Gasteiger partial charge in [0.1, 0.15) is 11.3 Å². The molecule has 0 aliphatic rings. The summed E-state index contributed by atoms with van der Waals surface area (Å²) in [5, 5.41) is 3.83. The van der Waals surface area contributed by atoms with Crippen LogP contribution in [0.2, 0.25) is 0 Å². The monoisotopic (exact) mass is 355 g/mol. The molecular formula is C20H28F3NO. The van der Waals surface area contributed by atoms with Gasteiger partial charge in [-0.2, -0.15) is 13.2 Å². The molecule has 0 fully saturated rings. The Morgan fingerprint density at radius 1 is 1.00 bits per heavy atom. The summed E-state index contributed by atoms with van der Waals surface area (Å²) in [5.74, 6) is -0.584. The first-order valence-corrected chi connectivity index (χ1v) is 8.60. The Bertz CT molecular complexity index is 717. The van der Waals surface area contributed by atoms with E-state index in [9.17, 15) is 13.2 Å². The van der Waals surface area contributed by atoms with Crippen LogP contribution >= 0.6 is 0 Å². The molecule has 1 N–H and O–H groups in total. The number of halogens is 3. The Hall–Kier alpha value is -1.49. The molecule has 0 unspecified atom stereocenters. The van der Waals surface area contributed by atoms with E-state index in [0.717, 1.165) is 11.1 Å². The maximum atomic E-state index is 13.4. The minimum atomic E-state index is -4.24. The zero-order chi connectivity index (χ0) is 19.0. The van der Waals surface area contributed by atoms with Gasteiger partial charge in [-0.25, -0.2) is 0 Å². The number of rotatable bonds is 4. The van der Waals surface area contributed by atoms with Crippen molar-refractivity contribution in [3.8, 4) is 0 Å². The van der Waals surface area contributed by atoms with Gasteiger partial charge in [0.05, 0.1) is 5.92 Å². The largest absolute Gasteiger partial charge is 0.461 e. The smallest absolute Gasteiger partial charge is 0.393 e. The zero-order valence-electron chi connectivity index (χ0n) is 15.8. The van der Waals surface area contributed by atoms with Crippen LogP contribution in [0, 0.1) is 5.92 Å². The molecule has 0 saturated carbocycles. The second-order valence-corrected chi connectivity index (χ2v) is 8.81. The first-order valence-electron chi connectivity index (χ1n) is 8.60. The molecule has 2 nitrogen and oxygen atoms in total. The Kier molecular flexibility index (Phi) is 5.29. The van der Waals surface area contributed by atoms with Crippen LogP contribution in [0.3, 0.4) is 0 Å². The Balaban J connectivity index is 2.23. The summed E-state index contributed by atoms with van der Waals surface area (Å²) >= 11 is 0. The van der Waals surface area contributed by atoms with Gasteiger partial charge in [-0.3, -0.25) is 0 Å². The highest BCUT2D eigenvalue weighted by Gasteiger charge is 2.39. The number of nitrogens with one attached hydrogen (secondary N) is 1. The first kappa shape index (κ1) is 19.8. The van der Waals surface area contributed by atoms with E-state index in [-0.39, 0.29) is 23.9 Å². The molecule has 140 valence electrons. The minimum Gasteiger partial charge on any atom is -0.461 e. The van der Waals surface area contributed by atoms with Gasteiger partial charge in [0, 0.05) is 22.9 Å². The molecule has 1 aromatic heterocycles. The van der Waals surface area contributed by atoms with Crippen LogP contribution in [0.25, 0.3) is 11.0 Å². The maximum Gasteiger partial charge on any atom is 0.393 e. The molecule has 0 amide bonds. The van der Waals surface area contributed by atoms with Gasteiger partial charge in [0.25, 0.3) is 0 Å². The van der Waals surface area contributed by atoms with E-state index >= 15 is 0 Å². The first-order chi connectivity index (χ1) is 11.3. The fourth-order valence-corrected chi connectivity index (χ4v) is 2.61. The third kappa shape index (κ3) is 5.50. The molecule has 1 aromatic carbocycles. The van der Waals surface area contributed by atoms with Crippen molar-refractivity contribution in [2.45, 2.75) is 65.1 Å². The second kappa shape index (κ2) is 6.67. The fraction of sp³-hybridized carbons (Fsp3) is 0.600. The third-order valence-corrected chi connectivity index (χ3v) is 4.14. The molecule has 1 atom stereocenters. The Labute approximate surface area is 147 Å². The van der Waals surface area contributed by atoms with Gasteiger partial charge in [0.15, 0.2) is 0 Å². The standard InChI is InChI=1S/C20H28F3NO/c1-18(2,3)17-11-14-9-13(7-8-16(14)25-17)10-15(20(21,22)23)12-24-19(4,5)6/h7-9,11,15,24H,10,12H2,1-6H3/t15-/m1/s1. The highest BCUT2D eigenvalue weighted by atomic mass is 19.4. The fourth-order valence-electron chi connectivity index (χ4n) is 2.61. The number of fused-ring (bicyclic) bond motifs is 1. The van der Waals surface area contributed by atoms with E-state index in [0.29, 0.717) is 11.1 Å². The number of alkyl halides is 3. The molecule has 0 saturated heterocycles. The van der Waals surface area contributed by atoms with Crippen LogP contribution in [0.4, 0.5) is 13.2 Å². The van der Waals surface area contributed by atoms with E-state index < -0.39 is 12.1 Å². The summed E-state index contributed by atoms with van der Waals surface area (Å²) in [6.07, 6.45) is -4.28. The summed E-state index contributed by atoms with van der Waals surface area (Å²) in [6.45, 7) is 11.6. The van der Waals surface area contributed by atoms with Crippen LogP contribution in [-0.2, 0) is 11.8 Å². The average Bonchev–Trinajstić information content (AvgIpc) is 2.84. The normalized spacial score (nSPS) is 14.9. The molecule has 0 aliphatic heterocycles. The van der Waals surface area contributed by atoms with Gasteiger partial charge >= 0.3 is 6.18 Å². The lowest BCUT2D eigenvalue weighted by atomic mass is 9.93. The lowest BCUT2D eigenvalue weighted by Crippen LogP contribution is -2.43. The molecule has 1 heterocycles. The Morgan fingerprint density at radius 2 is 1.64 bits per heavy atom. The molecule has 5 heteroatoms. The number of benzene rings is 1. The van der Waals surface area contributed by atoms with Gasteiger partial charge in [-0.1, -0.05) is 26.8 Å². The predicted octanol–water partition coefficient (Wildman–Crippen LogP) is 5.84. The minimum absolute atomic E-state index is 0.0431. The molecule has 2 rings (SSSR count). The molecular weight excluding hydrogens is 327 g/mol. The molecule has 2 aromatic rings. The van der Waals surface area contributed by atoms with E-state index in [4.69, 9.17) is 4.42 Å². The molecule has 0 radical (unpaired) electrons. The lowest BCUT2D eigenvalue weighted by molar-refractivity contribution is -0.173. The lowest BCUT2D eigenvalue weighted by Gasteiger charge is -2.27. The number of furan rings is 1. The highest BCUT2D eigenvalue weighted by Crippen LogP contribution is 2.32. The van der Waals surface area contributed by atoms with Crippen molar-refractivity contribution in [2.75, 3.05) is 6.54 Å². The van der Waals surface area contributed by atoms with Crippen LogP contribution in [0.1, 0.15) is 52.9 Å². The van der Waals surface area contributed by atoms with Crippen LogP contribution in [0.5, 0.6) is 0 Å². The predicted molar refractivity (Wildman–Crippen MR) is 95.9 cm³/mol. The SMILES string of the molecule is CC(C)(C)NC[C@@H](Cc1ccc2oc(C(C)(C)C)cc2c1)C(F)(F)F. The van der Waals surface area contributed by atoms with Crippen molar-refractivity contribution in [3.63, 3.8) is 0 Å². The quantitative estimate of drug-likeness (QED) is 0.745. The number of hydrogen-bond donors (Lipinski definition) is 1. The Morgan fingerprint density at radius 3 is 2.16 bits per heavy atom. The molecule has 25 heavy (non-hydrogen) atoms. The third-order valence-electron chi connectivity index (χ3n) is 4.14. The van der Waals surface area contributed by atoms with E-state index in [1.807, 2.05) is 53.7 Å². The van der Waals surface area contributed by atoms with Gasteiger partial charge in [0.2, 0.25) is 0 Å². The van der Waals surface area contributed by atoms with Crippen molar-refractivity contribution in [1.82, 2.24) is 5.32 Å². The van der Waals surface area contributed by atoms with Gasteiger partial charge in [-0.05, 0) is 51.0 Å². The van der Waals surface area contributed by atoms with Crippen molar-refractivity contribution < 1.29 is 17.6 Å². The van der Waals surface area contributed by atoms with E-state index in [1.165, 1.54) is 0 Å². The summed E-state index contributed by atoms with van der Waals surface area (Å²) in [4.78, 5) is 0. The summed E-state index contributed by atoms with van der Waals surface area (Å²) < 4.78 is 46.0. The average molecular weight is 355 g/mol. The topological polar surface area (TPSA) is 25.2 Å². The van der Waals surface area contributed by atoms with Gasteiger partial charge < -0.3 is 9.73 Å². The van der Waals surface area contributed by atoms with Crippen molar-refractivity contribution in [2.24, 2.45) is 5.92 Å². The van der Waals surface area contributed by atoms with Gasteiger partial charge in [-0.15, -0.1) is 0 Å². The second-order valence-electron chi connectivity index (χ2n) is 8.81.